The van der Waals surface area contributed by atoms with Gasteiger partial charge in [-0.1, -0.05) is 78.4 Å². The lowest BCUT2D eigenvalue weighted by atomic mass is 9.49. The zero-order chi connectivity index (χ0) is 37.2. The molecule has 2 N–H and O–H groups in total. The van der Waals surface area contributed by atoms with Crippen LogP contribution in [0.1, 0.15) is 68.9 Å². The quantitative estimate of drug-likeness (QED) is 0.180. The average molecular weight is 759 g/mol. The van der Waals surface area contributed by atoms with E-state index in [9.17, 15) is 19.5 Å². The van der Waals surface area contributed by atoms with Gasteiger partial charge in [0.05, 0.1) is 47.6 Å². The highest BCUT2D eigenvalue weighted by Crippen LogP contribution is 2.65. The number of hydrogen-bond acceptors (Lipinski definition) is 8. The Hall–Kier alpha value is -4.54. The molecule has 12 heteroatoms. The summed E-state index contributed by atoms with van der Waals surface area (Å²) < 4.78 is 11.3. The van der Waals surface area contributed by atoms with Crippen LogP contribution in [0.2, 0.25) is 10.0 Å². The van der Waals surface area contributed by atoms with Crippen molar-refractivity contribution >= 4 is 52.5 Å². The Balaban J connectivity index is 1.34. The van der Waals surface area contributed by atoms with Crippen LogP contribution in [0.15, 0.2) is 72.3 Å². The molecule has 2 aliphatic heterocycles. The van der Waals surface area contributed by atoms with E-state index in [2.05, 4.69) is 5.43 Å². The highest BCUT2D eigenvalue weighted by atomic mass is 35.5. The lowest BCUT2D eigenvalue weighted by molar-refractivity contribution is -0.144. The van der Waals surface area contributed by atoms with E-state index in [1.807, 2.05) is 13.0 Å². The fourth-order valence-electron chi connectivity index (χ4n) is 9.96. The summed E-state index contributed by atoms with van der Waals surface area (Å²) >= 11 is 12.7. The maximum atomic E-state index is 15.5. The third kappa shape index (κ3) is 5.43. The molecule has 0 bridgehead atoms. The van der Waals surface area contributed by atoms with Crippen LogP contribution in [-0.2, 0) is 24.6 Å². The molecule has 2 saturated heterocycles. The maximum absolute atomic E-state index is 15.5. The first-order chi connectivity index (χ1) is 25.6. The molecule has 3 aliphatic carbocycles. The van der Waals surface area contributed by atoms with Gasteiger partial charge in [0.2, 0.25) is 11.8 Å². The lowest BCUT2D eigenvalue weighted by Crippen LogP contribution is -2.53. The van der Waals surface area contributed by atoms with Crippen LogP contribution < -0.4 is 14.9 Å². The van der Waals surface area contributed by atoms with E-state index in [-0.39, 0.29) is 47.4 Å². The summed E-state index contributed by atoms with van der Waals surface area (Å²) in [4.78, 5) is 60.6. The number of phenols is 1. The van der Waals surface area contributed by atoms with Crippen LogP contribution in [0.25, 0.3) is 0 Å². The van der Waals surface area contributed by atoms with E-state index < -0.39 is 46.8 Å². The number of carbonyl (C=O) groups is 4. The van der Waals surface area contributed by atoms with Gasteiger partial charge in [0.15, 0.2) is 11.5 Å². The summed E-state index contributed by atoms with van der Waals surface area (Å²) in [6.45, 7) is 2.10. The third-order valence-corrected chi connectivity index (χ3v) is 12.7. The number of imide groups is 2. The molecular formula is C41H41Cl2N3O7. The van der Waals surface area contributed by atoms with Crippen molar-refractivity contribution in [3.63, 3.8) is 0 Å². The van der Waals surface area contributed by atoms with Crippen molar-refractivity contribution in [3.05, 3.63) is 93.5 Å². The van der Waals surface area contributed by atoms with Crippen molar-refractivity contribution in [2.24, 2.45) is 23.7 Å². The van der Waals surface area contributed by atoms with E-state index in [0.717, 1.165) is 42.7 Å². The number of hydrogen-bond donors (Lipinski definition) is 2. The number of aromatic hydroxyl groups is 1. The Morgan fingerprint density at radius 1 is 0.925 bits per heavy atom. The summed E-state index contributed by atoms with van der Waals surface area (Å²) in [5, 5.41) is 13.6. The van der Waals surface area contributed by atoms with Crippen LogP contribution in [-0.4, -0.2) is 58.4 Å². The van der Waals surface area contributed by atoms with E-state index in [1.54, 1.807) is 61.7 Å². The molecule has 0 radical (unpaired) electrons. The number of para-hydroxylation sites is 1. The van der Waals surface area contributed by atoms with Crippen molar-refractivity contribution in [1.82, 2.24) is 9.91 Å². The molecule has 5 aliphatic rings. The number of methoxy groups -OCH3 is 1. The number of benzene rings is 3. The number of phenolic OH excluding ortho intramolecular Hbond substituents is 1. The zero-order valence-corrected chi connectivity index (χ0v) is 31.0. The van der Waals surface area contributed by atoms with Crippen molar-refractivity contribution < 1.29 is 33.8 Å². The molecule has 8 rings (SSSR count). The van der Waals surface area contributed by atoms with Gasteiger partial charge in [-0.05, 0) is 80.5 Å². The van der Waals surface area contributed by atoms with Crippen LogP contribution in [0.5, 0.6) is 17.2 Å². The number of carbonyl (C=O) groups excluding carboxylic acids is 4. The Bertz CT molecular complexity index is 2030. The number of fused-ring (bicyclic) bond motifs is 4. The minimum absolute atomic E-state index is 0.135. The van der Waals surface area contributed by atoms with Gasteiger partial charge < -0.3 is 14.6 Å². The number of anilines is 1. The smallest absolute Gasteiger partial charge is 0.260 e. The normalized spacial score (nSPS) is 28.4. The SMILES string of the molecule is CCOc1cccc([C@H]2C3=CC[C@@H]4C(=O)N(C5CCCCC5)C(=O)[C@@H]4[C@@H]3C[C@H]3C(=O)N(Nc4ccc(Cl)cc4Cl)C(=O)[C@@]23c2ccc(OC)cc2)c1O. The van der Waals surface area contributed by atoms with E-state index in [4.69, 9.17) is 32.7 Å². The first kappa shape index (κ1) is 35.5. The molecule has 4 amide bonds. The Morgan fingerprint density at radius 2 is 1.68 bits per heavy atom. The molecule has 6 atom stereocenters. The molecule has 53 heavy (non-hydrogen) atoms. The second kappa shape index (κ2) is 13.7. The van der Waals surface area contributed by atoms with Gasteiger partial charge in [-0.3, -0.25) is 29.5 Å². The number of hydrazine groups is 1. The topological polar surface area (TPSA) is 125 Å². The lowest BCUT2D eigenvalue weighted by Gasteiger charge is -2.50. The second-order valence-corrected chi connectivity index (χ2v) is 15.5. The minimum atomic E-state index is -1.60. The molecule has 2 saturated carbocycles. The highest BCUT2D eigenvalue weighted by Gasteiger charge is 2.71. The monoisotopic (exact) mass is 757 g/mol. The van der Waals surface area contributed by atoms with E-state index >= 15 is 4.79 Å². The molecular weight excluding hydrogens is 717 g/mol. The van der Waals surface area contributed by atoms with Gasteiger partial charge in [-0.25, -0.2) is 0 Å². The molecule has 2 heterocycles. The summed E-state index contributed by atoms with van der Waals surface area (Å²) in [6, 6.07) is 16.8. The molecule has 3 aromatic rings. The van der Waals surface area contributed by atoms with Crippen molar-refractivity contribution in [3.8, 4) is 17.2 Å². The second-order valence-electron chi connectivity index (χ2n) is 14.7. The predicted octanol–water partition coefficient (Wildman–Crippen LogP) is 7.42. The van der Waals surface area contributed by atoms with Gasteiger partial charge in [0, 0.05) is 22.5 Å². The molecule has 4 fully saturated rings. The Labute approximate surface area is 318 Å². The molecule has 10 nitrogen and oxygen atoms in total. The first-order valence-corrected chi connectivity index (χ1v) is 19.1. The Kier molecular flexibility index (Phi) is 9.18. The fraction of sp³-hybridized carbons (Fsp3) is 0.415. The Morgan fingerprint density at radius 3 is 2.38 bits per heavy atom. The summed E-state index contributed by atoms with van der Waals surface area (Å²) in [7, 11) is 1.55. The van der Waals surface area contributed by atoms with Gasteiger partial charge in [0.25, 0.3) is 11.8 Å². The number of nitrogens with zero attached hydrogens (tertiary/aromatic N) is 2. The summed E-state index contributed by atoms with van der Waals surface area (Å²) in [5.41, 5.74) is 3.39. The van der Waals surface area contributed by atoms with Crippen LogP contribution in [0, 0.1) is 23.7 Å². The predicted molar refractivity (Wildman–Crippen MR) is 199 cm³/mol. The fourth-order valence-corrected chi connectivity index (χ4v) is 10.4. The van der Waals surface area contributed by atoms with Crippen molar-refractivity contribution in [2.45, 2.75) is 69.2 Å². The average Bonchev–Trinajstić information content (AvgIpc) is 3.54. The van der Waals surface area contributed by atoms with Crippen LogP contribution >= 0.6 is 23.2 Å². The number of amides is 4. The summed E-state index contributed by atoms with van der Waals surface area (Å²) in [6.07, 6.45) is 7.01. The van der Waals surface area contributed by atoms with Crippen molar-refractivity contribution in [1.29, 1.82) is 0 Å². The number of rotatable bonds is 8. The van der Waals surface area contributed by atoms with Gasteiger partial charge in [-0.15, -0.1) is 0 Å². The van der Waals surface area contributed by atoms with Crippen LogP contribution in [0.4, 0.5) is 5.69 Å². The van der Waals surface area contributed by atoms with Gasteiger partial charge >= 0.3 is 0 Å². The van der Waals surface area contributed by atoms with Crippen LogP contribution in [0.3, 0.4) is 0 Å². The largest absolute Gasteiger partial charge is 0.504 e. The highest BCUT2D eigenvalue weighted by molar-refractivity contribution is 6.36. The van der Waals surface area contributed by atoms with Gasteiger partial charge in [-0.2, -0.15) is 5.01 Å². The number of halogens is 2. The first-order valence-electron chi connectivity index (χ1n) is 18.4. The number of likely N-dealkylation sites (tertiary alicyclic amines) is 1. The molecule has 3 aromatic carbocycles. The number of ether oxygens (including phenoxy) is 2. The third-order valence-electron chi connectivity index (χ3n) is 12.2. The summed E-state index contributed by atoms with van der Waals surface area (Å²) in [5.74, 6) is -4.51. The maximum Gasteiger partial charge on any atom is 0.260 e. The molecule has 0 spiro atoms. The van der Waals surface area contributed by atoms with Gasteiger partial charge in [0.1, 0.15) is 5.75 Å². The van der Waals surface area contributed by atoms with E-state index in [1.165, 1.54) is 11.0 Å². The van der Waals surface area contributed by atoms with E-state index in [0.29, 0.717) is 34.0 Å². The number of nitrogens with one attached hydrogen (secondary N) is 1. The number of allylic oxidation sites excluding steroid dienone is 2. The zero-order valence-electron chi connectivity index (χ0n) is 29.5. The molecule has 0 aromatic heterocycles. The minimum Gasteiger partial charge on any atom is -0.504 e. The van der Waals surface area contributed by atoms with Crippen molar-refractivity contribution in [2.75, 3.05) is 19.1 Å². The molecule has 0 unspecified atom stereocenters. The molecule has 276 valence electrons. The standard InChI is InChI=1S/C41H41Cl2N3O7/c1-3-53-33-11-7-10-28(36(33)47)35-26-17-18-27-34(39(50)45(37(27)48)24-8-5-4-6-9-24)29(26)21-30-38(49)46(44-32-19-14-23(42)20-31(32)43)40(51)41(30,35)22-12-15-25(52-2)16-13-22/h7,10-17,19-20,24,27,29-30,34-35,44,47H,3-6,8-9,18,21H2,1-2H3/t27-,29+,30-,34-,35+,41+/m0/s1.